The van der Waals surface area contributed by atoms with Gasteiger partial charge in [0.25, 0.3) is 11.1 Å². The van der Waals surface area contributed by atoms with Crippen molar-refractivity contribution >= 4 is 73.9 Å². The molecule has 1 heterocycles. The van der Waals surface area contributed by atoms with Gasteiger partial charge in [-0.05, 0) is 42.1 Å². The van der Waals surface area contributed by atoms with Crippen molar-refractivity contribution in [2.75, 3.05) is 6.54 Å². The minimum absolute atomic E-state index is 0.175. The molecule has 1 aliphatic heterocycles. The number of ketones is 1. The number of nitrogens with zero attached hydrogens (tertiary/aromatic N) is 1. The molecule has 1 aliphatic rings. The second-order valence-corrected chi connectivity index (χ2v) is 8.06. The first kappa shape index (κ1) is 19.2. The highest BCUT2D eigenvalue weighted by Crippen LogP contribution is 2.35. The van der Waals surface area contributed by atoms with E-state index in [1.165, 1.54) is 6.08 Å². The van der Waals surface area contributed by atoms with Crippen molar-refractivity contribution in [2.24, 2.45) is 0 Å². The third-order valence-corrected chi connectivity index (χ3v) is 5.71. The Kier molecular flexibility index (Phi) is 5.87. The third-order valence-electron chi connectivity index (χ3n) is 3.62. The standard InChI is InChI=1S/C18H10BrCl2NO3S/c19-11-6-4-10(5-7-11)15(23)9-22-17(24)16(26-18(22)25)8-12-13(20)2-1-3-14(12)21/h1-8H,9H2/b16-8+. The molecule has 0 unspecified atom stereocenters. The van der Waals surface area contributed by atoms with Gasteiger partial charge in [0.1, 0.15) is 0 Å². The average molecular weight is 471 g/mol. The Balaban J connectivity index is 1.82. The lowest BCUT2D eigenvalue weighted by Crippen LogP contribution is -2.33. The minimum Gasteiger partial charge on any atom is -0.292 e. The van der Waals surface area contributed by atoms with Crippen LogP contribution in [0.25, 0.3) is 6.08 Å². The van der Waals surface area contributed by atoms with E-state index in [1.54, 1.807) is 42.5 Å². The number of halogens is 3. The number of carbonyl (C=O) groups is 3. The third kappa shape index (κ3) is 4.04. The van der Waals surface area contributed by atoms with Crippen LogP contribution in [0.15, 0.2) is 51.8 Å². The first-order valence-electron chi connectivity index (χ1n) is 7.35. The van der Waals surface area contributed by atoms with E-state index >= 15 is 0 Å². The van der Waals surface area contributed by atoms with Crippen LogP contribution in [-0.4, -0.2) is 28.4 Å². The zero-order chi connectivity index (χ0) is 18.8. The summed E-state index contributed by atoms with van der Waals surface area (Å²) >= 11 is 16.2. The van der Waals surface area contributed by atoms with Crippen LogP contribution in [0.3, 0.4) is 0 Å². The molecule has 0 saturated carbocycles. The monoisotopic (exact) mass is 469 g/mol. The number of hydrogen-bond acceptors (Lipinski definition) is 4. The van der Waals surface area contributed by atoms with Gasteiger partial charge in [0.15, 0.2) is 5.78 Å². The van der Waals surface area contributed by atoms with Crippen LogP contribution in [0.5, 0.6) is 0 Å². The molecular weight excluding hydrogens is 461 g/mol. The molecule has 0 bridgehead atoms. The van der Waals surface area contributed by atoms with Crippen molar-refractivity contribution in [1.29, 1.82) is 0 Å². The molecule has 0 spiro atoms. The van der Waals surface area contributed by atoms with E-state index in [2.05, 4.69) is 15.9 Å². The van der Waals surface area contributed by atoms with Gasteiger partial charge in [-0.1, -0.05) is 57.3 Å². The van der Waals surface area contributed by atoms with E-state index < -0.39 is 11.1 Å². The fourth-order valence-electron chi connectivity index (χ4n) is 2.29. The van der Waals surface area contributed by atoms with Crippen LogP contribution < -0.4 is 0 Å². The first-order chi connectivity index (χ1) is 12.4. The maximum atomic E-state index is 12.5. The molecule has 132 valence electrons. The Hall–Kier alpha value is -1.60. The second kappa shape index (κ2) is 7.96. The number of benzene rings is 2. The zero-order valence-corrected chi connectivity index (χ0v) is 17.0. The maximum Gasteiger partial charge on any atom is 0.293 e. The highest BCUT2D eigenvalue weighted by molar-refractivity contribution is 9.10. The normalized spacial score (nSPS) is 15.8. The average Bonchev–Trinajstić information content (AvgIpc) is 2.86. The molecule has 0 radical (unpaired) electrons. The Labute approximate surface area is 172 Å². The maximum absolute atomic E-state index is 12.5. The molecule has 0 aliphatic carbocycles. The van der Waals surface area contributed by atoms with E-state index in [0.29, 0.717) is 21.2 Å². The highest BCUT2D eigenvalue weighted by Gasteiger charge is 2.36. The second-order valence-electron chi connectivity index (χ2n) is 5.33. The molecule has 0 atom stereocenters. The summed E-state index contributed by atoms with van der Waals surface area (Å²) in [4.78, 5) is 38.2. The molecule has 4 nitrogen and oxygen atoms in total. The minimum atomic E-state index is -0.540. The largest absolute Gasteiger partial charge is 0.293 e. The SMILES string of the molecule is O=C(CN1C(=O)S/C(=C/c2c(Cl)cccc2Cl)C1=O)c1ccc(Br)cc1. The molecule has 1 fully saturated rings. The molecule has 0 N–H and O–H groups in total. The smallest absolute Gasteiger partial charge is 0.292 e. The van der Waals surface area contributed by atoms with Gasteiger partial charge in [0, 0.05) is 25.6 Å². The summed E-state index contributed by atoms with van der Waals surface area (Å²) < 4.78 is 0.833. The van der Waals surface area contributed by atoms with Crippen LogP contribution in [0, 0.1) is 0 Å². The van der Waals surface area contributed by atoms with Gasteiger partial charge < -0.3 is 0 Å². The van der Waals surface area contributed by atoms with Crippen molar-refractivity contribution in [3.05, 3.63) is 73.0 Å². The summed E-state index contributed by atoms with van der Waals surface area (Å²) in [5, 5.41) is 0.236. The van der Waals surface area contributed by atoms with Gasteiger partial charge in [-0.15, -0.1) is 0 Å². The lowest BCUT2D eigenvalue weighted by Gasteiger charge is -2.11. The summed E-state index contributed by atoms with van der Waals surface area (Å²) in [7, 11) is 0. The lowest BCUT2D eigenvalue weighted by molar-refractivity contribution is -0.122. The quantitative estimate of drug-likeness (QED) is 0.426. The van der Waals surface area contributed by atoms with E-state index in [-0.39, 0.29) is 17.2 Å². The molecule has 2 aromatic carbocycles. The number of amides is 2. The number of hydrogen-bond donors (Lipinski definition) is 0. The van der Waals surface area contributed by atoms with E-state index in [1.807, 2.05) is 0 Å². The molecule has 26 heavy (non-hydrogen) atoms. The first-order valence-corrected chi connectivity index (χ1v) is 9.71. The Morgan fingerprint density at radius 2 is 1.69 bits per heavy atom. The van der Waals surface area contributed by atoms with E-state index in [0.717, 1.165) is 21.1 Å². The van der Waals surface area contributed by atoms with Gasteiger partial charge in [-0.25, -0.2) is 0 Å². The molecule has 3 rings (SSSR count). The summed E-state index contributed by atoms with van der Waals surface area (Å²) in [6.45, 7) is -0.320. The Bertz CT molecular complexity index is 924. The van der Waals surface area contributed by atoms with Crippen molar-refractivity contribution < 1.29 is 14.4 Å². The lowest BCUT2D eigenvalue weighted by atomic mass is 10.1. The Morgan fingerprint density at radius 1 is 1.08 bits per heavy atom. The predicted octanol–water partition coefficient (Wildman–Crippen LogP) is 5.68. The van der Waals surface area contributed by atoms with Crippen LogP contribution in [0.4, 0.5) is 4.79 Å². The zero-order valence-electron chi connectivity index (χ0n) is 13.0. The predicted molar refractivity (Wildman–Crippen MR) is 108 cm³/mol. The Morgan fingerprint density at radius 3 is 2.31 bits per heavy atom. The van der Waals surface area contributed by atoms with Gasteiger partial charge >= 0.3 is 0 Å². The van der Waals surface area contributed by atoms with Gasteiger partial charge in [-0.3, -0.25) is 19.3 Å². The number of carbonyl (C=O) groups excluding carboxylic acids is 3. The van der Waals surface area contributed by atoms with Crippen LogP contribution >= 0.6 is 50.9 Å². The van der Waals surface area contributed by atoms with Gasteiger partial charge in [0.05, 0.1) is 11.4 Å². The summed E-state index contributed by atoms with van der Waals surface area (Å²) in [5.74, 6) is -0.863. The van der Waals surface area contributed by atoms with Gasteiger partial charge in [0.2, 0.25) is 0 Å². The van der Waals surface area contributed by atoms with Crippen LogP contribution in [0.2, 0.25) is 10.0 Å². The highest BCUT2D eigenvalue weighted by atomic mass is 79.9. The number of imide groups is 1. The van der Waals surface area contributed by atoms with E-state index in [4.69, 9.17) is 23.2 Å². The molecule has 8 heteroatoms. The summed E-state index contributed by atoms with van der Waals surface area (Å²) in [6.07, 6.45) is 1.47. The fourth-order valence-corrected chi connectivity index (χ4v) is 3.88. The molecule has 0 aromatic heterocycles. The fraction of sp³-hybridized carbons (Fsp3) is 0.0556. The molecular formula is C18H10BrCl2NO3S. The van der Waals surface area contributed by atoms with Crippen LogP contribution in [0.1, 0.15) is 15.9 Å². The topological polar surface area (TPSA) is 54.5 Å². The van der Waals surface area contributed by atoms with Gasteiger partial charge in [-0.2, -0.15) is 0 Å². The molecule has 2 aromatic rings. The van der Waals surface area contributed by atoms with Crippen LogP contribution in [-0.2, 0) is 4.79 Å². The van der Waals surface area contributed by atoms with E-state index in [9.17, 15) is 14.4 Å². The van der Waals surface area contributed by atoms with Crippen molar-refractivity contribution in [1.82, 2.24) is 4.90 Å². The number of thioether (sulfide) groups is 1. The summed E-state index contributed by atoms with van der Waals surface area (Å²) in [6, 6.07) is 11.7. The van der Waals surface area contributed by atoms with Crippen molar-refractivity contribution in [2.45, 2.75) is 0 Å². The number of Topliss-reactive ketones (excluding diaryl/α,β-unsaturated/α-hetero) is 1. The molecule has 2 amide bonds. The molecule has 1 saturated heterocycles. The van der Waals surface area contributed by atoms with Crippen molar-refractivity contribution in [3.63, 3.8) is 0 Å². The summed E-state index contributed by atoms with van der Waals surface area (Å²) in [5.41, 5.74) is 0.881. The van der Waals surface area contributed by atoms with Crippen molar-refractivity contribution in [3.8, 4) is 0 Å². The number of rotatable bonds is 4.